The van der Waals surface area contributed by atoms with Crippen LogP contribution in [0, 0.1) is 0 Å². The third-order valence-electron chi connectivity index (χ3n) is 2.46. The Kier molecular flexibility index (Phi) is 3.82. The molecule has 0 bridgehead atoms. The van der Waals surface area contributed by atoms with Crippen molar-refractivity contribution in [2.45, 2.75) is 18.2 Å². The van der Waals surface area contributed by atoms with Gasteiger partial charge in [-0.3, -0.25) is 0 Å². The van der Waals surface area contributed by atoms with E-state index in [0.29, 0.717) is 12.2 Å². The lowest BCUT2D eigenvalue weighted by Gasteiger charge is -2.06. The van der Waals surface area contributed by atoms with Gasteiger partial charge in [-0.1, -0.05) is 6.92 Å². The highest BCUT2D eigenvalue weighted by atomic mass is 32.2. The van der Waals surface area contributed by atoms with E-state index in [-0.39, 0.29) is 10.8 Å². The number of nitrogens with one attached hydrogen (secondary N) is 1. The molecule has 0 amide bonds. The first-order valence-electron chi connectivity index (χ1n) is 5.80. The molecule has 0 saturated carbocycles. The van der Waals surface area contributed by atoms with Crippen molar-refractivity contribution >= 4 is 16.0 Å². The number of nitrogens with zero attached hydrogens (tertiary/aromatic N) is 3. The quantitative estimate of drug-likeness (QED) is 0.832. The second-order valence-electron chi connectivity index (χ2n) is 3.94. The molecule has 0 spiro atoms. The maximum Gasteiger partial charge on any atom is 0.240 e. The zero-order valence-corrected chi connectivity index (χ0v) is 11.3. The summed E-state index contributed by atoms with van der Waals surface area (Å²) in [6, 6.07) is 6.33. The lowest BCUT2D eigenvalue weighted by molar-refractivity contribution is 0.581. The molecule has 1 aromatic carbocycles. The van der Waals surface area contributed by atoms with Gasteiger partial charge in [-0.15, -0.1) is 5.10 Å². The van der Waals surface area contributed by atoms with E-state index >= 15 is 0 Å². The van der Waals surface area contributed by atoms with Crippen molar-refractivity contribution in [1.82, 2.24) is 19.5 Å². The van der Waals surface area contributed by atoms with Crippen LogP contribution in [0.2, 0.25) is 0 Å². The Bertz CT molecular complexity index is 648. The van der Waals surface area contributed by atoms with Gasteiger partial charge in [0.05, 0.1) is 10.6 Å². The van der Waals surface area contributed by atoms with E-state index in [0.717, 1.165) is 6.42 Å². The smallest absolute Gasteiger partial charge is 0.240 e. The summed E-state index contributed by atoms with van der Waals surface area (Å²) in [5.74, 6) is 0.168. The summed E-state index contributed by atoms with van der Waals surface area (Å²) in [5.41, 5.74) is 6.11. The van der Waals surface area contributed by atoms with E-state index < -0.39 is 10.0 Å². The summed E-state index contributed by atoms with van der Waals surface area (Å²) in [6.07, 6.45) is 2.21. The average molecular weight is 281 g/mol. The van der Waals surface area contributed by atoms with Crippen LogP contribution in [-0.4, -0.2) is 29.7 Å². The first-order valence-corrected chi connectivity index (χ1v) is 7.28. The maximum atomic E-state index is 11.9. The molecular formula is C11H15N5O2S. The second-order valence-corrected chi connectivity index (χ2v) is 5.71. The van der Waals surface area contributed by atoms with Crippen molar-refractivity contribution in [1.29, 1.82) is 0 Å². The third kappa shape index (κ3) is 3.09. The number of hydrogen-bond acceptors (Lipinski definition) is 5. The van der Waals surface area contributed by atoms with E-state index in [1.807, 2.05) is 6.92 Å². The monoisotopic (exact) mass is 281 g/mol. The number of benzene rings is 1. The molecule has 8 heteroatoms. The molecule has 0 unspecified atom stereocenters. The zero-order valence-electron chi connectivity index (χ0n) is 10.4. The predicted molar refractivity (Wildman–Crippen MR) is 71.3 cm³/mol. The lowest BCUT2D eigenvalue weighted by atomic mass is 10.3. The van der Waals surface area contributed by atoms with Crippen molar-refractivity contribution in [3.05, 3.63) is 30.6 Å². The first kappa shape index (κ1) is 13.5. The van der Waals surface area contributed by atoms with Gasteiger partial charge in [-0.05, 0) is 30.7 Å². The molecule has 2 rings (SSSR count). The van der Waals surface area contributed by atoms with Gasteiger partial charge in [0.15, 0.2) is 0 Å². The van der Waals surface area contributed by atoms with Gasteiger partial charge in [0, 0.05) is 6.54 Å². The topological polar surface area (TPSA) is 103 Å². The first-order chi connectivity index (χ1) is 9.03. The van der Waals surface area contributed by atoms with Gasteiger partial charge < -0.3 is 5.73 Å². The van der Waals surface area contributed by atoms with Crippen molar-refractivity contribution in [2.75, 3.05) is 12.3 Å². The van der Waals surface area contributed by atoms with Gasteiger partial charge in [0.2, 0.25) is 16.0 Å². The van der Waals surface area contributed by atoms with Crippen LogP contribution < -0.4 is 10.5 Å². The molecule has 7 nitrogen and oxygen atoms in total. The number of nitrogen functional groups attached to an aromatic ring is 1. The highest BCUT2D eigenvalue weighted by Gasteiger charge is 2.12. The Balaban J connectivity index is 2.23. The van der Waals surface area contributed by atoms with Crippen LogP contribution in [0.3, 0.4) is 0 Å². The van der Waals surface area contributed by atoms with E-state index in [4.69, 9.17) is 5.73 Å². The molecule has 1 aromatic heterocycles. The molecular weight excluding hydrogens is 266 g/mol. The largest absolute Gasteiger partial charge is 0.366 e. The van der Waals surface area contributed by atoms with Crippen molar-refractivity contribution < 1.29 is 8.42 Å². The van der Waals surface area contributed by atoms with Crippen LogP contribution in [-0.2, 0) is 10.0 Å². The highest BCUT2D eigenvalue weighted by Crippen LogP contribution is 2.13. The average Bonchev–Trinajstić information content (AvgIpc) is 2.83. The van der Waals surface area contributed by atoms with E-state index in [1.54, 1.807) is 12.1 Å². The molecule has 2 aromatic rings. The second kappa shape index (κ2) is 5.37. The van der Waals surface area contributed by atoms with Gasteiger partial charge in [0.25, 0.3) is 0 Å². The molecule has 19 heavy (non-hydrogen) atoms. The molecule has 3 N–H and O–H groups in total. The highest BCUT2D eigenvalue weighted by molar-refractivity contribution is 7.89. The van der Waals surface area contributed by atoms with Crippen molar-refractivity contribution in [3.63, 3.8) is 0 Å². The van der Waals surface area contributed by atoms with Crippen molar-refractivity contribution in [2.24, 2.45) is 0 Å². The Morgan fingerprint density at radius 1 is 1.32 bits per heavy atom. The fourth-order valence-electron chi connectivity index (χ4n) is 1.50. The van der Waals surface area contributed by atoms with Crippen LogP contribution >= 0.6 is 0 Å². The normalized spacial score (nSPS) is 11.6. The minimum absolute atomic E-state index is 0.168. The SMILES string of the molecule is CCCNS(=O)(=O)c1ccc(-n2cnc(N)n2)cc1. The number of aromatic nitrogens is 3. The van der Waals surface area contributed by atoms with Crippen molar-refractivity contribution in [3.8, 4) is 5.69 Å². The number of sulfonamides is 1. The summed E-state index contributed by atoms with van der Waals surface area (Å²) >= 11 is 0. The predicted octanol–water partition coefficient (Wildman–Crippen LogP) is 0.538. The number of rotatable bonds is 5. The van der Waals surface area contributed by atoms with E-state index in [1.165, 1.54) is 23.1 Å². The van der Waals surface area contributed by atoms with Gasteiger partial charge in [0.1, 0.15) is 6.33 Å². The fourth-order valence-corrected chi connectivity index (χ4v) is 2.63. The standard InChI is InChI=1S/C11H15N5O2S/c1-2-7-14-19(17,18)10-5-3-9(4-6-10)16-8-13-11(12)15-16/h3-6,8,14H,2,7H2,1H3,(H2,12,15). The van der Waals surface area contributed by atoms with Crippen LogP contribution in [0.15, 0.2) is 35.5 Å². The van der Waals surface area contributed by atoms with Crippen LogP contribution in [0.5, 0.6) is 0 Å². The molecule has 102 valence electrons. The summed E-state index contributed by atoms with van der Waals surface area (Å²) < 4.78 is 27.7. The van der Waals surface area contributed by atoms with Gasteiger partial charge in [-0.25, -0.2) is 22.8 Å². The number of nitrogens with two attached hydrogens (primary N) is 1. The Labute approximate surface area is 111 Å². The Hall–Kier alpha value is -1.93. The number of anilines is 1. The molecule has 0 aliphatic carbocycles. The minimum Gasteiger partial charge on any atom is -0.366 e. The zero-order chi connectivity index (χ0) is 13.9. The summed E-state index contributed by atoms with van der Waals surface area (Å²) in [7, 11) is -3.44. The molecule has 0 radical (unpaired) electrons. The molecule has 0 fully saturated rings. The van der Waals surface area contributed by atoms with Crippen LogP contribution in [0.4, 0.5) is 5.95 Å². The minimum atomic E-state index is -3.44. The van der Waals surface area contributed by atoms with Crippen LogP contribution in [0.25, 0.3) is 5.69 Å². The van der Waals surface area contributed by atoms with Gasteiger partial charge >= 0.3 is 0 Å². The summed E-state index contributed by atoms with van der Waals surface area (Å²) in [5, 5.41) is 3.94. The summed E-state index contributed by atoms with van der Waals surface area (Å²) in [6.45, 7) is 2.32. The fraction of sp³-hybridized carbons (Fsp3) is 0.273. The molecule has 0 aliphatic heterocycles. The Morgan fingerprint density at radius 2 is 2.00 bits per heavy atom. The molecule has 1 heterocycles. The van der Waals surface area contributed by atoms with Crippen LogP contribution in [0.1, 0.15) is 13.3 Å². The summed E-state index contributed by atoms with van der Waals surface area (Å²) in [4.78, 5) is 4.02. The third-order valence-corrected chi connectivity index (χ3v) is 3.94. The van der Waals surface area contributed by atoms with E-state index in [2.05, 4.69) is 14.8 Å². The maximum absolute atomic E-state index is 11.9. The van der Waals surface area contributed by atoms with Gasteiger partial charge in [-0.2, -0.15) is 0 Å². The Morgan fingerprint density at radius 3 is 2.53 bits per heavy atom. The lowest BCUT2D eigenvalue weighted by Crippen LogP contribution is -2.24. The van der Waals surface area contributed by atoms with E-state index in [9.17, 15) is 8.42 Å². The number of hydrogen-bond donors (Lipinski definition) is 2. The molecule has 0 atom stereocenters. The molecule has 0 aliphatic rings. The molecule has 0 saturated heterocycles.